The Labute approximate surface area is 158 Å². The second-order valence-electron chi connectivity index (χ2n) is 6.77. The Morgan fingerprint density at radius 3 is 2.77 bits per heavy atom. The summed E-state index contributed by atoms with van der Waals surface area (Å²) in [4.78, 5) is 6.84. The summed E-state index contributed by atoms with van der Waals surface area (Å²) in [5.74, 6) is 0.932. The fraction of sp³-hybridized carbons (Fsp3) is 0.300. The third-order valence-corrected chi connectivity index (χ3v) is 5.09. The Balaban J connectivity index is 1.75. The predicted molar refractivity (Wildman–Crippen MR) is 105 cm³/mol. The molecular formula is C20H22N4OS. The van der Waals surface area contributed by atoms with Crippen molar-refractivity contribution in [2.45, 2.75) is 38.5 Å². The van der Waals surface area contributed by atoms with Gasteiger partial charge in [0, 0.05) is 24.1 Å². The van der Waals surface area contributed by atoms with E-state index in [0.29, 0.717) is 6.54 Å². The lowest BCUT2D eigenvalue weighted by Crippen LogP contribution is -2.36. The zero-order valence-electron chi connectivity index (χ0n) is 14.9. The van der Waals surface area contributed by atoms with E-state index in [2.05, 4.69) is 58.0 Å². The monoisotopic (exact) mass is 366 g/mol. The number of rotatable bonds is 5. The molecule has 1 fully saturated rings. The number of furan rings is 1. The summed E-state index contributed by atoms with van der Waals surface area (Å²) in [6, 6.07) is 14.5. The Kier molecular flexibility index (Phi) is 4.51. The molecule has 5 nitrogen and oxygen atoms in total. The first-order valence-electron chi connectivity index (χ1n) is 8.82. The van der Waals surface area contributed by atoms with Crippen molar-refractivity contribution in [3.8, 4) is 0 Å². The van der Waals surface area contributed by atoms with Gasteiger partial charge < -0.3 is 19.2 Å². The molecule has 2 atom stereocenters. The van der Waals surface area contributed by atoms with Crippen LogP contribution in [0.3, 0.4) is 0 Å². The Morgan fingerprint density at radius 1 is 1.19 bits per heavy atom. The van der Waals surface area contributed by atoms with Gasteiger partial charge in [-0.1, -0.05) is 6.07 Å². The highest BCUT2D eigenvalue weighted by atomic mass is 32.1. The smallest absolute Gasteiger partial charge is 0.170 e. The fourth-order valence-corrected chi connectivity index (χ4v) is 4.10. The van der Waals surface area contributed by atoms with Gasteiger partial charge in [0.25, 0.3) is 0 Å². The van der Waals surface area contributed by atoms with Crippen LogP contribution in [0.1, 0.15) is 43.1 Å². The first kappa shape index (κ1) is 16.8. The lowest BCUT2D eigenvalue weighted by atomic mass is 10.0. The zero-order chi connectivity index (χ0) is 18.1. The number of pyridine rings is 1. The summed E-state index contributed by atoms with van der Waals surface area (Å²) in [7, 11) is 0. The average Bonchev–Trinajstić information content (AvgIpc) is 3.36. The summed E-state index contributed by atoms with van der Waals surface area (Å²) in [6.07, 6.45) is 5.63. The molecule has 1 saturated heterocycles. The Hall–Kier alpha value is -2.60. The molecule has 0 radical (unpaired) electrons. The van der Waals surface area contributed by atoms with Gasteiger partial charge in [0.1, 0.15) is 5.76 Å². The summed E-state index contributed by atoms with van der Waals surface area (Å²) in [6.45, 7) is 5.03. The van der Waals surface area contributed by atoms with Crippen molar-refractivity contribution < 1.29 is 4.42 Å². The first-order chi connectivity index (χ1) is 12.6. The molecule has 1 aliphatic rings. The largest absolute Gasteiger partial charge is 0.467 e. The normalized spacial score (nSPS) is 20.0. The fourth-order valence-electron chi connectivity index (χ4n) is 3.65. The Morgan fingerprint density at radius 2 is 2.08 bits per heavy atom. The number of thiocarbonyl (C=S) groups is 1. The van der Waals surface area contributed by atoms with Gasteiger partial charge in [-0.3, -0.25) is 4.98 Å². The van der Waals surface area contributed by atoms with Gasteiger partial charge in [0.2, 0.25) is 0 Å². The molecule has 0 spiro atoms. The second kappa shape index (κ2) is 6.96. The number of nitrogens with one attached hydrogen (secondary N) is 1. The van der Waals surface area contributed by atoms with Gasteiger partial charge in [-0.15, -0.1) is 0 Å². The van der Waals surface area contributed by atoms with E-state index in [9.17, 15) is 0 Å². The molecule has 3 aromatic heterocycles. The highest BCUT2D eigenvalue weighted by molar-refractivity contribution is 7.80. The van der Waals surface area contributed by atoms with Crippen LogP contribution in [0.2, 0.25) is 0 Å². The highest BCUT2D eigenvalue weighted by Gasteiger charge is 2.42. The van der Waals surface area contributed by atoms with Crippen LogP contribution < -0.4 is 5.32 Å². The van der Waals surface area contributed by atoms with Gasteiger partial charge in [0.05, 0.1) is 30.6 Å². The van der Waals surface area contributed by atoms with Crippen LogP contribution >= 0.6 is 12.2 Å². The lowest BCUT2D eigenvalue weighted by molar-refractivity contribution is 0.258. The van der Waals surface area contributed by atoms with Gasteiger partial charge in [-0.05, 0) is 62.5 Å². The summed E-state index contributed by atoms with van der Waals surface area (Å²) in [5.41, 5.74) is 2.19. The maximum absolute atomic E-state index is 5.66. The van der Waals surface area contributed by atoms with Crippen LogP contribution in [0.15, 0.2) is 65.5 Å². The molecule has 0 saturated carbocycles. The Bertz CT molecular complexity index is 872. The molecule has 4 heterocycles. The van der Waals surface area contributed by atoms with E-state index in [1.165, 1.54) is 5.69 Å². The number of nitrogens with zero attached hydrogens (tertiary/aromatic N) is 3. The highest BCUT2D eigenvalue weighted by Crippen LogP contribution is 2.40. The van der Waals surface area contributed by atoms with Gasteiger partial charge in [-0.2, -0.15) is 0 Å². The van der Waals surface area contributed by atoms with E-state index in [4.69, 9.17) is 16.6 Å². The molecule has 26 heavy (non-hydrogen) atoms. The quantitative estimate of drug-likeness (QED) is 0.694. The van der Waals surface area contributed by atoms with E-state index < -0.39 is 0 Å². The molecule has 4 rings (SSSR count). The first-order valence-corrected chi connectivity index (χ1v) is 9.23. The molecule has 1 N–H and O–H groups in total. The molecule has 134 valence electrons. The van der Waals surface area contributed by atoms with Crippen LogP contribution in [0, 0.1) is 0 Å². The molecular weight excluding hydrogens is 344 g/mol. The van der Waals surface area contributed by atoms with Crippen LogP contribution in [0.5, 0.6) is 0 Å². The molecule has 1 aliphatic heterocycles. The standard InChI is InChI=1S/C20H22N4OS/c1-14(2)24-19(18(22-20(24)26)16-8-3-4-10-21-16)17-9-5-11-23(17)13-15-7-6-12-25-15/h3-12,14,18-19H,13H2,1-2H3,(H,22,26)/t18-,19-/m0/s1. The molecule has 0 bridgehead atoms. The van der Waals surface area contributed by atoms with Crippen molar-refractivity contribution in [3.05, 3.63) is 78.3 Å². The van der Waals surface area contributed by atoms with Crippen LogP contribution in [-0.2, 0) is 6.54 Å². The van der Waals surface area contributed by atoms with Crippen molar-refractivity contribution in [2.75, 3.05) is 0 Å². The van der Waals surface area contributed by atoms with Crippen molar-refractivity contribution >= 4 is 17.3 Å². The van der Waals surface area contributed by atoms with Gasteiger partial charge in [-0.25, -0.2) is 0 Å². The molecule has 6 heteroatoms. The van der Waals surface area contributed by atoms with E-state index in [1.807, 2.05) is 30.5 Å². The van der Waals surface area contributed by atoms with Crippen molar-refractivity contribution in [3.63, 3.8) is 0 Å². The maximum atomic E-state index is 5.66. The minimum absolute atomic E-state index is 0.0105. The molecule has 3 aromatic rings. The summed E-state index contributed by atoms with van der Waals surface area (Å²) < 4.78 is 7.77. The van der Waals surface area contributed by atoms with Gasteiger partial charge >= 0.3 is 0 Å². The summed E-state index contributed by atoms with van der Waals surface area (Å²) in [5, 5.41) is 4.25. The number of hydrogen-bond donors (Lipinski definition) is 1. The lowest BCUT2D eigenvalue weighted by Gasteiger charge is -2.31. The van der Waals surface area contributed by atoms with Crippen molar-refractivity contribution in [1.29, 1.82) is 0 Å². The summed E-state index contributed by atoms with van der Waals surface area (Å²) >= 11 is 5.66. The van der Waals surface area contributed by atoms with E-state index >= 15 is 0 Å². The molecule has 0 unspecified atom stereocenters. The SMILES string of the molecule is CC(C)N1C(=S)N[C@@H](c2ccccn2)[C@@H]1c1cccn1Cc1ccco1. The third kappa shape index (κ3) is 3.01. The molecule has 0 amide bonds. The molecule has 0 aliphatic carbocycles. The van der Waals surface area contributed by atoms with Gasteiger partial charge in [0.15, 0.2) is 5.11 Å². The second-order valence-corrected chi connectivity index (χ2v) is 7.15. The van der Waals surface area contributed by atoms with E-state index in [0.717, 1.165) is 16.6 Å². The maximum Gasteiger partial charge on any atom is 0.170 e. The van der Waals surface area contributed by atoms with E-state index in [-0.39, 0.29) is 18.1 Å². The van der Waals surface area contributed by atoms with Crippen molar-refractivity contribution in [1.82, 2.24) is 19.8 Å². The molecule has 0 aromatic carbocycles. The van der Waals surface area contributed by atoms with Crippen LogP contribution in [0.4, 0.5) is 0 Å². The average molecular weight is 366 g/mol. The van der Waals surface area contributed by atoms with Crippen LogP contribution in [0.25, 0.3) is 0 Å². The number of aromatic nitrogens is 2. The minimum atomic E-state index is 0.0105. The zero-order valence-corrected chi connectivity index (χ0v) is 15.7. The van der Waals surface area contributed by atoms with E-state index in [1.54, 1.807) is 6.26 Å². The predicted octanol–water partition coefficient (Wildman–Crippen LogP) is 3.91. The topological polar surface area (TPSA) is 46.2 Å². The van der Waals surface area contributed by atoms with Crippen LogP contribution in [-0.4, -0.2) is 25.6 Å². The number of hydrogen-bond acceptors (Lipinski definition) is 3. The van der Waals surface area contributed by atoms with Crippen molar-refractivity contribution in [2.24, 2.45) is 0 Å². The third-order valence-electron chi connectivity index (χ3n) is 4.77. The minimum Gasteiger partial charge on any atom is -0.467 e.